The SMILES string of the molecule is COCCNCCNC(=O)c1ccc(C)c(NC(=O)c2ccccc2)c1. The summed E-state index contributed by atoms with van der Waals surface area (Å²) >= 11 is 0. The van der Waals surface area contributed by atoms with Gasteiger partial charge in [0.15, 0.2) is 0 Å². The van der Waals surface area contributed by atoms with Gasteiger partial charge in [0, 0.05) is 43.6 Å². The van der Waals surface area contributed by atoms with Crippen LogP contribution in [0.1, 0.15) is 26.3 Å². The standard InChI is InChI=1S/C20H25N3O3/c1-15-8-9-17(19(24)22-11-10-21-12-13-26-2)14-18(15)23-20(25)16-6-4-3-5-7-16/h3-9,14,21H,10-13H2,1-2H3,(H,22,24)(H,23,25). The fourth-order valence-corrected chi connectivity index (χ4v) is 2.35. The van der Waals surface area contributed by atoms with Gasteiger partial charge in [-0.1, -0.05) is 24.3 Å². The lowest BCUT2D eigenvalue weighted by Crippen LogP contribution is -2.33. The van der Waals surface area contributed by atoms with E-state index in [0.717, 1.165) is 12.1 Å². The van der Waals surface area contributed by atoms with E-state index in [9.17, 15) is 9.59 Å². The quantitative estimate of drug-likeness (QED) is 0.603. The van der Waals surface area contributed by atoms with Crippen LogP contribution >= 0.6 is 0 Å². The summed E-state index contributed by atoms with van der Waals surface area (Å²) in [7, 11) is 1.65. The molecule has 0 aliphatic heterocycles. The molecule has 6 heteroatoms. The molecular formula is C20H25N3O3. The van der Waals surface area contributed by atoms with E-state index in [1.54, 1.807) is 31.4 Å². The monoisotopic (exact) mass is 355 g/mol. The Hall–Kier alpha value is -2.70. The van der Waals surface area contributed by atoms with Gasteiger partial charge >= 0.3 is 0 Å². The molecule has 138 valence electrons. The molecular weight excluding hydrogens is 330 g/mol. The number of rotatable bonds is 9. The Bertz CT molecular complexity index is 732. The predicted octanol–water partition coefficient (Wildman–Crippen LogP) is 2.21. The topological polar surface area (TPSA) is 79.5 Å². The predicted molar refractivity (Wildman–Crippen MR) is 103 cm³/mol. The van der Waals surface area contributed by atoms with Crippen LogP contribution in [0.3, 0.4) is 0 Å². The number of ether oxygens (including phenoxy) is 1. The molecule has 3 N–H and O–H groups in total. The maximum atomic E-state index is 12.3. The number of amides is 2. The van der Waals surface area contributed by atoms with Gasteiger partial charge in [-0.3, -0.25) is 9.59 Å². The summed E-state index contributed by atoms with van der Waals surface area (Å²) in [4.78, 5) is 24.6. The highest BCUT2D eigenvalue weighted by molar-refractivity contribution is 6.05. The van der Waals surface area contributed by atoms with Crippen molar-refractivity contribution in [1.82, 2.24) is 10.6 Å². The second-order valence-corrected chi connectivity index (χ2v) is 5.85. The second-order valence-electron chi connectivity index (χ2n) is 5.85. The molecule has 26 heavy (non-hydrogen) atoms. The number of methoxy groups -OCH3 is 1. The summed E-state index contributed by atoms with van der Waals surface area (Å²) in [6, 6.07) is 14.3. The number of carbonyl (C=O) groups is 2. The molecule has 0 saturated carbocycles. The Kier molecular flexibility index (Phi) is 7.79. The van der Waals surface area contributed by atoms with Crippen molar-refractivity contribution in [3.05, 3.63) is 65.2 Å². The Morgan fingerprint density at radius 3 is 2.42 bits per heavy atom. The van der Waals surface area contributed by atoms with Gasteiger partial charge in [0.05, 0.1) is 6.61 Å². The van der Waals surface area contributed by atoms with Gasteiger partial charge in [-0.15, -0.1) is 0 Å². The third-order valence-corrected chi connectivity index (χ3v) is 3.85. The van der Waals surface area contributed by atoms with Crippen molar-refractivity contribution in [1.29, 1.82) is 0 Å². The van der Waals surface area contributed by atoms with Crippen LogP contribution in [0.25, 0.3) is 0 Å². The maximum absolute atomic E-state index is 12.3. The van der Waals surface area contributed by atoms with Gasteiger partial charge in [0.2, 0.25) is 0 Å². The van der Waals surface area contributed by atoms with Gasteiger partial charge in [-0.05, 0) is 36.8 Å². The summed E-state index contributed by atoms with van der Waals surface area (Å²) in [6.45, 7) is 4.45. The lowest BCUT2D eigenvalue weighted by molar-refractivity contribution is 0.0952. The van der Waals surface area contributed by atoms with Crippen molar-refractivity contribution < 1.29 is 14.3 Å². The van der Waals surface area contributed by atoms with Crippen LogP contribution in [0.2, 0.25) is 0 Å². The molecule has 2 rings (SSSR count). The van der Waals surface area contributed by atoms with Crippen molar-refractivity contribution >= 4 is 17.5 Å². The minimum Gasteiger partial charge on any atom is -0.383 e. The minimum absolute atomic E-state index is 0.172. The first-order valence-electron chi connectivity index (χ1n) is 8.56. The van der Waals surface area contributed by atoms with E-state index in [-0.39, 0.29) is 11.8 Å². The van der Waals surface area contributed by atoms with E-state index in [4.69, 9.17) is 4.74 Å². The third kappa shape index (κ3) is 5.98. The van der Waals surface area contributed by atoms with E-state index in [2.05, 4.69) is 16.0 Å². The molecule has 0 bridgehead atoms. The zero-order valence-electron chi connectivity index (χ0n) is 15.2. The number of hydrogen-bond acceptors (Lipinski definition) is 4. The van der Waals surface area contributed by atoms with Crippen molar-refractivity contribution in [2.75, 3.05) is 38.7 Å². The molecule has 0 atom stereocenters. The molecule has 2 amide bonds. The first-order valence-corrected chi connectivity index (χ1v) is 8.56. The van der Waals surface area contributed by atoms with E-state index < -0.39 is 0 Å². The number of benzene rings is 2. The summed E-state index contributed by atoms with van der Waals surface area (Å²) in [5, 5.41) is 8.88. The summed E-state index contributed by atoms with van der Waals surface area (Å²) in [5.74, 6) is -0.373. The van der Waals surface area contributed by atoms with Crippen molar-refractivity contribution in [2.45, 2.75) is 6.92 Å². The van der Waals surface area contributed by atoms with Gasteiger partial charge in [-0.25, -0.2) is 0 Å². The maximum Gasteiger partial charge on any atom is 0.255 e. The Labute approximate surface area is 153 Å². The zero-order chi connectivity index (χ0) is 18.8. The first kappa shape index (κ1) is 19.6. The van der Waals surface area contributed by atoms with E-state index in [1.165, 1.54) is 0 Å². The van der Waals surface area contributed by atoms with Crippen LogP contribution in [0, 0.1) is 6.92 Å². The van der Waals surface area contributed by atoms with Gasteiger partial charge in [0.1, 0.15) is 0 Å². The van der Waals surface area contributed by atoms with Crippen LogP contribution in [-0.4, -0.2) is 45.2 Å². The molecule has 0 aliphatic carbocycles. The summed E-state index contributed by atoms with van der Waals surface area (Å²) in [6.07, 6.45) is 0. The van der Waals surface area contributed by atoms with Crippen LogP contribution in [0.15, 0.2) is 48.5 Å². The fraction of sp³-hybridized carbons (Fsp3) is 0.300. The normalized spacial score (nSPS) is 10.4. The average molecular weight is 355 g/mol. The van der Waals surface area contributed by atoms with Gasteiger partial charge in [0.25, 0.3) is 11.8 Å². The van der Waals surface area contributed by atoms with Gasteiger partial charge in [-0.2, -0.15) is 0 Å². The molecule has 2 aromatic rings. The lowest BCUT2D eigenvalue weighted by Gasteiger charge is -2.11. The molecule has 0 saturated heterocycles. The Balaban J connectivity index is 1.93. The third-order valence-electron chi connectivity index (χ3n) is 3.85. The minimum atomic E-state index is -0.200. The molecule has 0 unspecified atom stereocenters. The summed E-state index contributed by atoms with van der Waals surface area (Å²) in [5.41, 5.74) is 2.61. The average Bonchev–Trinajstić information content (AvgIpc) is 2.66. The highest BCUT2D eigenvalue weighted by Crippen LogP contribution is 2.18. The molecule has 0 fully saturated rings. The number of anilines is 1. The highest BCUT2D eigenvalue weighted by atomic mass is 16.5. The van der Waals surface area contributed by atoms with Crippen molar-refractivity contribution in [2.24, 2.45) is 0 Å². The largest absolute Gasteiger partial charge is 0.383 e. The molecule has 0 spiro atoms. The summed E-state index contributed by atoms with van der Waals surface area (Å²) < 4.78 is 4.94. The van der Waals surface area contributed by atoms with E-state index in [1.807, 2.05) is 31.2 Å². The van der Waals surface area contributed by atoms with Crippen LogP contribution in [0.5, 0.6) is 0 Å². The molecule has 0 heterocycles. The Morgan fingerprint density at radius 2 is 1.69 bits per heavy atom. The van der Waals surface area contributed by atoms with Crippen molar-refractivity contribution in [3.63, 3.8) is 0 Å². The Morgan fingerprint density at radius 1 is 0.923 bits per heavy atom. The smallest absolute Gasteiger partial charge is 0.255 e. The second kappa shape index (κ2) is 10.3. The van der Waals surface area contributed by atoms with Gasteiger partial charge < -0.3 is 20.7 Å². The highest BCUT2D eigenvalue weighted by Gasteiger charge is 2.11. The van der Waals surface area contributed by atoms with Crippen molar-refractivity contribution in [3.8, 4) is 0 Å². The molecule has 0 aliphatic rings. The number of nitrogens with one attached hydrogen (secondary N) is 3. The fourth-order valence-electron chi connectivity index (χ4n) is 2.35. The zero-order valence-corrected chi connectivity index (χ0v) is 15.2. The van der Waals surface area contributed by atoms with Crippen LogP contribution in [-0.2, 0) is 4.74 Å². The van der Waals surface area contributed by atoms with Crippen LogP contribution < -0.4 is 16.0 Å². The number of aryl methyl sites for hydroxylation is 1. The first-order chi connectivity index (χ1) is 12.6. The number of carbonyl (C=O) groups excluding carboxylic acids is 2. The number of hydrogen-bond donors (Lipinski definition) is 3. The molecule has 6 nitrogen and oxygen atoms in total. The molecule has 2 aromatic carbocycles. The lowest BCUT2D eigenvalue weighted by atomic mass is 10.1. The molecule has 0 aromatic heterocycles. The van der Waals surface area contributed by atoms with Crippen LogP contribution in [0.4, 0.5) is 5.69 Å². The van der Waals surface area contributed by atoms with E-state index >= 15 is 0 Å². The molecule has 0 radical (unpaired) electrons. The van der Waals surface area contributed by atoms with E-state index in [0.29, 0.717) is 36.5 Å².